The smallest absolute Gasteiger partial charge is 0.260 e. The molecular weight excluding hydrogens is 504 g/mol. The number of nitrogens with one attached hydrogen (secondary N) is 2. The van der Waals surface area contributed by atoms with E-state index in [1.54, 1.807) is 36.4 Å². The minimum Gasteiger partial charge on any atom is -0.484 e. The van der Waals surface area contributed by atoms with Gasteiger partial charge in [0, 0.05) is 0 Å². The maximum atomic E-state index is 12.4. The van der Waals surface area contributed by atoms with E-state index in [0.717, 1.165) is 21.7 Å². The van der Waals surface area contributed by atoms with E-state index < -0.39 is 22.5 Å². The molecule has 0 heterocycles. The van der Waals surface area contributed by atoms with Crippen LogP contribution in [0.15, 0.2) is 84.0 Å². The first-order valence-electron chi connectivity index (χ1n) is 12.1. The minimum absolute atomic E-state index is 0.126. The third-order valence-electron chi connectivity index (χ3n) is 5.66. The van der Waals surface area contributed by atoms with E-state index >= 15 is 0 Å². The molecule has 10 heteroatoms. The summed E-state index contributed by atoms with van der Waals surface area (Å²) >= 11 is 0. The number of hydrazone groups is 1. The van der Waals surface area contributed by atoms with Crippen molar-refractivity contribution in [3.8, 4) is 5.75 Å². The standard InChI is InChI=1S/C28H32N4O5S/c1-4-23-10-8-9-13-26(23)32(38(3,35)36)19-27(33)31-29-18-22-14-16-25(17-15-22)37-20-28(34)30-21(2)24-11-6-5-7-12-24/h5-18,21H,4,19-20H2,1-3H3,(H,30,34)(H,31,33)/b29-18-/t21-/m0/s1. The first-order valence-corrected chi connectivity index (χ1v) is 14.0. The lowest BCUT2D eigenvalue weighted by Gasteiger charge is -2.23. The third kappa shape index (κ3) is 8.45. The van der Waals surface area contributed by atoms with Gasteiger partial charge in [0.2, 0.25) is 10.0 Å². The second-order valence-electron chi connectivity index (χ2n) is 8.60. The molecule has 0 aliphatic rings. The molecule has 200 valence electrons. The molecule has 0 bridgehead atoms. The zero-order valence-corrected chi connectivity index (χ0v) is 22.4. The summed E-state index contributed by atoms with van der Waals surface area (Å²) < 4.78 is 31.3. The highest BCUT2D eigenvalue weighted by molar-refractivity contribution is 7.92. The number of rotatable bonds is 12. The SMILES string of the molecule is CCc1ccccc1N(CC(=O)N/N=C\c1ccc(OCC(=O)N[C@@H](C)c2ccccc2)cc1)S(C)(=O)=O. The molecule has 0 aliphatic heterocycles. The number of benzene rings is 3. The summed E-state index contributed by atoms with van der Waals surface area (Å²) in [5, 5.41) is 6.82. The highest BCUT2D eigenvalue weighted by Crippen LogP contribution is 2.23. The fourth-order valence-corrected chi connectivity index (χ4v) is 4.57. The van der Waals surface area contributed by atoms with Gasteiger partial charge in [0.15, 0.2) is 6.61 Å². The fraction of sp³-hybridized carbons (Fsp3) is 0.250. The number of hydrogen-bond donors (Lipinski definition) is 2. The predicted octanol–water partition coefficient (Wildman–Crippen LogP) is 3.42. The summed E-state index contributed by atoms with van der Waals surface area (Å²) in [4.78, 5) is 24.6. The van der Waals surface area contributed by atoms with E-state index in [0.29, 0.717) is 23.4 Å². The van der Waals surface area contributed by atoms with Crippen LogP contribution in [0, 0.1) is 0 Å². The molecule has 0 aromatic heterocycles. The predicted molar refractivity (Wildman–Crippen MR) is 149 cm³/mol. The van der Waals surface area contributed by atoms with Gasteiger partial charge >= 0.3 is 0 Å². The Balaban J connectivity index is 1.50. The molecule has 0 fully saturated rings. The van der Waals surface area contributed by atoms with Crippen LogP contribution in [-0.2, 0) is 26.0 Å². The summed E-state index contributed by atoms with van der Waals surface area (Å²) in [6, 6.07) is 23.4. The molecule has 3 rings (SSSR count). The van der Waals surface area contributed by atoms with Gasteiger partial charge in [-0.25, -0.2) is 13.8 Å². The van der Waals surface area contributed by atoms with E-state index in [2.05, 4.69) is 15.8 Å². The van der Waals surface area contributed by atoms with Crippen molar-refractivity contribution in [2.45, 2.75) is 26.3 Å². The van der Waals surface area contributed by atoms with E-state index in [9.17, 15) is 18.0 Å². The Morgan fingerprint density at radius 1 is 0.974 bits per heavy atom. The average molecular weight is 537 g/mol. The van der Waals surface area contributed by atoms with Gasteiger partial charge in [0.1, 0.15) is 12.3 Å². The lowest BCUT2D eigenvalue weighted by molar-refractivity contribution is -0.123. The van der Waals surface area contributed by atoms with Crippen LogP contribution in [0.1, 0.15) is 36.6 Å². The number of anilines is 1. The molecule has 2 amide bonds. The third-order valence-corrected chi connectivity index (χ3v) is 6.79. The van der Waals surface area contributed by atoms with Crippen LogP contribution in [-0.4, -0.2) is 45.9 Å². The molecular formula is C28H32N4O5S. The van der Waals surface area contributed by atoms with Gasteiger partial charge in [-0.1, -0.05) is 55.5 Å². The zero-order valence-electron chi connectivity index (χ0n) is 21.6. The monoisotopic (exact) mass is 536 g/mol. The minimum atomic E-state index is -3.68. The van der Waals surface area contributed by atoms with Crippen molar-refractivity contribution in [2.24, 2.45) is 5.10 Å². The highest BCUT2D eigenvalue weighted by Gasteiger charge is 2.22. The van der Waals surface area contributed by atoms with Gasteiger partial charge in [-0.15, -0.1) is 0 Å². The molecule has 0 radical (unpaired) electrons. The first-order chi connectivity index (χ1) is 18.2. The Morgan fingerprint density at radius 2 is 1.63 bits per heavy atom. The van der Waals surface area contributed by atoms with Gasteiger partial charge < -0.3 is 10.1 Å². The van der Waals surface area contributed by atoms with Crippen molar-refractivity contribution < 1.29 is 22.7 Å². The summed E-state index contributed by atoms with van der Waals surface area (Å²) in [5.74, 6) is -0.306. The Labute approximate surface area is 223 Å². The average Bonchev–Trinajstić information content (AvgIpc) is 2.91. The Kier molecular flexibility index (Phi) is 10.0. The molecule has 2 N–H and O–H groups in total. The molecule has 3 aromatic carbocycles. The molecule has 9 nitrogen and oxygen atoms in total. The first kappa shape index (κ1) is 28.4. The molecule has 3 aromatic rings. The number of sulfonamides is 1. The topological polar surface area (TPSA) is 117 Å². The van der Waals surface area contributed by atoms with Gasteiger partial charge in [-0.2, -0.15) is 5.10 Å². The van der Waals surface area contributed by atoms with Crippen molar-refractivity contribution in [3.63, 3.8) is 0 Å². The summed E-state index contributed by atoms with van der Waals surface area (Å²) in [6.45, 7) is 3.30. The maximum absolute atomic E-state index is 12.4. The molecule has 0 saturated carbocycles. The number of aryl methyl sites for hydroxylation is 1. The van der Waals surface area contributed by atoms with Crippen molar-refractivity contribution in [1.29, 1.82) is 0 Å². The largest absolute Gasteiger partial charge is 0.484 e. The van der Waals surface area contributed by atoms with Crippen molar-refractivity contribution in [3.05, 3.63) is 95.6 Å². The summed E-state index contributed by atoms with van der Waals surface area (Å²) in [5.41, 5.74) is 5.34. The van der Waals surface area contributed by atoms with Crippen molar-refractivity contribution >= 4 is 33.7 Å². The number of carbonyl (C=O) groups is 2. The number of carbonyl (C=O) groups excluding carboxylic acids is 2. The lowest BCUT2D eigenvalue weighted by atomic mass is 10.1. The number of hydrogen-bond acceptors (Lipinski definition) is 6. The zero-order chi connectivity index (χ0) is 27.5. The molecule has 0 aliphatic carbocycles. The highest BCUT2D eigenvalue weighted by atomic mass is 32.2. The summed E-state index contributed by atoms with van der Waals surface area (Å²) in [6.07, 6.45) is 3.12. The van der Waals surface area contributed by atoms with Gasteiger partial charge in [0.05, 0.1) is 24.2 Å². The Bertz CT molecular complexity index is 1360. The Morgan fingerprint density at radius 3 is 2.29 bits per heavy atom. The number of nitrogens with zero attached hydrogens (tertiary/aromatic N) is 2. The van der Waals surface area contributed by atoms with E-state index in [1.807, 2.05) is 56.3 Å². The van der Waals surface area contributed by atoms with Gasteiger partial charge in [-0.3, -0.25) is 13.9 Å². The maximum Gasteiger partial charge on any atom is 0.260 e. The second-order valence-corrected chi connectivity index (χ2v) is 10.5. The molecule has 38 heavy (non-hydrogen) atoms. The second kappa shape index (κ2) is 13.4. The van der Waals surface area contributed by atoms with Gasteiger partial charge in [0.25, 0.3) is 11.8 Å². The van der Waals surface area contributed by atoms with Crippen LogP contribution >= 0.6 is 0 Å². The normalized spacial score (nSPS) is 12.1. The van der Waals surface area contributed by atoms with Crippen LogP contribution in [0.4, 0.5) is 5.69 Å². The molecule has 0 spiro atoms. The number of ether oxygens (including phenoxy) is 1. The van der Waals surface area contributed by atoms with Crippen LogP contribution in [0.25, 0.3) is 0 Å². The van der Waals surface area contributed by atoms with Crippen molar-refractivity contribution in [2.75, 3.05) is 23.7 Å². The number of amides is 2. The summed E-state index contributed by atoms with van der Waals surface area (Å²) in [7, 11) is -3.68. The molecule has 0 saturated heterocycles. The Hall–Kier alpha value is -4.18. The van der Waals surface area contributed by atoms with Crippen LogP contribution in [0.2, 0.25) is 0 Å². The number of para-hydroxylation sites is 1. The van der Waals surface area contributed by atoms with Crippen LogP contribution < -0.4 is 19.8 Å². The fourth-order valence-electron chi connectivity index (χ4n) is 3.69. The lowest BCUT2D eigenvalue weighted by Crippen LogP contribution is -2.39. The van der Waals surface area contributed by atoms with E-state index in [-0.39, 0.29) is 18.6 Å². The van der Waals surface area contributed by atoms with Crippen LogP contribution in [0.3, 0.4) is 0 Å². The van der Waals surface area contributed by atoms with Crippen LogP contribution in [0.5, 0.6) is 5.75 Å². The van der Waals surface area contributed by atoms with E-state index in [1.165, 1.54) is 6.21 Å². The van der Waals surface area contributed by atoms with Crippen molar-refractivity contribution in [1.82, 2.24) is 10.7 Å². The van der Waals surface area contributed by atoms with Gasteiger partial charge in [-0.05, 0) is 60.4 Å². The molecule has 1 atom stereocenters. The van der Waals surface area contributed by atoms with E-state index in [4.69, 9.17) is 4.74 Å². The quantitative estimate of drug-likeness (QED) is 0.272. The molecule has 0 unspecified atom stereocenters.